The second-order valence-corrected chi connectivity index (χ2v) is 13.0. The molecule has 0 N–H and O–H groups in total. The van der Waals surface area contributed by atoms with Gasteiger partial charge in [0, 0.05) is 21.8 Å². The molecule has 1 heterocycles. The number of benzene rings is 9. The van der Waals surface area contributed by atoms with Crippen molar-refractivity contribution in [3.8, 4) is 27.9 Å². The predicted molar refractivity (Wildman–Crippen MR) is 206 cm³/mol. The summed E-state index contributed by atoms with van der Waals surface area (Å²) < 4.78 is 2.51. The van der Waals surface area contributed by atoms with Crippen molar-refractivity contribution >= 4 is 64.9 Å². The minimum atomic E-state index is 1.16. The Morgan fingerprint density at radius 3 is 1.67 bits per heavy atom. The first kappa shape index (κ1) is 27.0. The molecule has 224 valence electrons. The van der Waals surface area contributed by atoms with E-state index in [4.69, 9.17) is 0 Å². The Kier molecular flexibility index (Phi) is 5.86. The minimum Gasteiger partial charge on any atom is -0.309 e. The fourth-order valence-corrected chi connectivity index (χ4v) is 8.13. The van der Waals surface area contributed by atoms with Crippen LogP contribution in [-0.2, 0) is 0 Å². The van der Waals surface area contributed by atoms with Crippen LogP contribution in [0.4, 0.5) is 0 Å². The lowest BCUT2D eigenvalue weighted by Crippen LogP contribution is -1.96. The summed E-state index contributed by atoms with van der Waals surface area (Å²) in [5.74, 6) is 0. The van der Waals surface area contributed by atoms with Gasteiger partial charge < -0.3 is 4.57 Å². The highest BCUT2D eigenvalue weighted by Crippen LogP contribution is 2.45. The summed E-state index contributed by atoms with van der Waals surface area (Å²) in [6, 6.07) is 62.6. The lowest BCUT2D eigenvalue weighted by atomic mass is 9.86. The molecule has 48 heavy (non-hydrogen) atoms. The third kappa shape index (κ3) is 3.91. The molecule has 0 spiro atoms. The van der Waals surface area contributed by atoms with Crippen LogP contribution in [0.5, 0.6) is 0 Å². The van der Waals surface area contributed by atoms with Crippen LogP contribution in [0.25, 0.3) is 92.8 Å². The molecular formula is C47H31N. The molecule has 0 aliphatic carbocycles. The van der Waals surface area contributed by atoms with Crippen LogP contribution in [-0.4, -0.2) is 4.57 Å². The van der Waals surface area contributed by atoms with Crippen LogP contribution in [0.15, 0.2) is 170 Å². The zero-order chi connectivity index (χ0) is 31.8. The van der Waals surface area contributed by atoms with Gasteiger partial charge in [-0.1, -0.05) is 151 Å². The van der Waals surface area contributed by atoms with Crippen molar-refractivity contribution in [1.82, 2.24) is 4.57 Å². The summed E-state index contributed by atoms with van der Waals surface area (Å²) in [6.07, 6.45) is 0. The summed E-state index contributed by atoms with van der Waals surface area (Å²) in [5, 5.41) is 12.7. The molecule has 1 aromatic heterocycles. The van der Waals surface area contributed by atoms with Gasteiger partial charge in [0.2, 0.25) is 0 Å². The number of aromatic nitrogens is 1. The molecule has 0 amide bonds. The van der Waals surface area contributed by atoms with E-state index in [1.54, 1.807) is 0 Å². The molecule has 1 heteroatoms. The van der Waals surface area contributed by atoms with Gasteiger partial charge in [-0.15, -0.1) is 0 Å². The van der Waals surface area contributed by atoms with Gasteiger partial charge in [-0.3, -0.25) is 0 Å². The number of nitrogens with zero attached hydrogens (tertiary/aromatic N) is 1. The molecule has 0 radical (unpaired) electrons. The number of rotatable bonds is 3. The van der Waals surface area contributed by atoms with Crippen molar-refractivity contribution in [2.45, 2.75) is 6.92 Å². The quantitative estimate of drug-likeness (QED) is 0.176. The van der Waals surface area contributed by atoms with E-state index >= 15 is 0 Å². The number of fused-ring (bicyclic) bond motifs is 9. The minimum absolute atomic E-state index is 1.16. The summed E-state index contributed by atoms with van der Waals surface area (Å²) in [7, 11) is 0. The van der Waals surface area contributed by atoms with Crippen LogP contribution < -0.4 is 0 Å². The highest BCUT2D eigenvalue weighted by atomic mass is 15.0. The number of hydrogen-bond donors (Lipinski definition) is 0. The average Bonchev–Trinajstić information content (AvgIpc) is 3.49. The van der Waals surface area contributed by atoms with Crippen LogP contribution in [0.2, 0.25) is 0 Å². The Balaban J connectivity index is 1.32. The normalized spacial score (nSPS) is 11.9. The Morgan fingerprint density at radius 2 is 0.938 bits per heavy atom. The first-order valence-corrected chi connectivity index (χ1v) is 16.7. The van der Waals surface area contributed by atoms with Crippen LogP contribution >= 0.6 is 0 Å². The SMILES string of the molecule is Cc1ccc2ccc3c4c5ccccc5ccc4n(-c4cccc(-c5c6ccccc6c(-c6ccccc6)c6ccccc56)c4)c3c2c1. The molecule has 0 saturated carbocycles. The van der Waals surface area contributed by atoms with Crippen molar-refractivity contribution in [2.24, 2.45) is 0 Å². The lowest BCUT2D eigenvalue weighted by Gasteiger charge is -2.18. The second kappa shape index (κ2) is 10.4. The van der Waals surface area contributed by atoms with E-state index < -0.39 is 0 Å². The van der Waals surface area contributed by atoms with Crippen molar-refractivity contribution in [2.75, 3.05) is 0 Å². The molecule has 10 aromatic rings. The third-order valence-electron chi connectivity index (χ3n) is 10.2. The number of aryl methyl sites for hydroxylation is 1. The molecule has 0 aliphatic heterocycles. The van der Waals surface area contributed by atoms with E-state index in [1.165, 1.54) is 92.7 Å². The summed E-state index contributed by atoms with van der Waals surface area (Å²) >= 11 is 0. The molecule has 1 nitrogen and oxygen atoms in total. The molecule has 0 fully saturated rings. The molecule has 0 unspecified atom stereocenters. The van der Waals surface area contributed by atoms with Crippen LogP contribution in [0, 0.1) is 6.92 Å². The van der Waals surface area contributed by atoms with E-state index in [0.717, 1.165) is 5.69 Å². The van der Waals surface area contributed by atoms with Gasteiger partial charge in [-0.2, -0.15) is 0 Å². The zero-order valence-corrected chi connectivity index (χ0v) is 26.6. The van der Waals surface area contributed by atoms with Gasteiger partial charge in [0.05, 0.1) is 11.0 Å². The Bertz CT molecular complexity index is 2830. The standard InChI is InChI=1S/C47H31N/c1-30-22-23-32-24-26-41-46-36-17-6-5-12-31(36)25-27-43(46)48(47(41)42(32)28-30)35-16-11-15-34(29-35)45-39-20-9-7-18-37(39)44(33-13-3-2-4-14-33)38-19-8-10-21-40(38)45/h2-29H,1H3. The molecule has 10 rings (SSSR count). The van der Waals surface area contributed by atoms with E-state index in [2.05, 4.69) is 181 Å². The summed E-state index contributed by atoms with van der Waals surface area (Å²) in [4.78, 5) is 0. The monoisotopic (exact) mass is 609 g/mol. The lowest BCUT2D eigenvalue weighted by molar-refractivity contribution is 1.19. The molecule has 0 aliphatic rings. The highest BCUT2D eigenvalue weighted by molar-refractivity contribution is 6.26. The first-order chi connectivity index (χ1) is 23.7. The topological polar surface area (TPSA) is 4.93 Å². The summed E-state index contributed by atoms with van der Waals surface area (Å²) in [5.41, 5.74) is 9.93. The van der Waals surface area contributed by atoms with Crippen molar-refractivity contribution < 1.29 is 0 Å². The van der Waals surface area contributed by atoms with Crippen molar-refractivity contribution in [3.63, 3.8) is 0 Å². The molecule has 0 atom stereocenters. The fourth-order valence-electron chi connectivity index (χ4n) is 8.13. The maximum Gasteiger partial charge on any atom is 0.0619 e. The van der Waals surface area contributed by atoms with Crippen molar-refractivity contribution in [1.29, 1.82) is 0 Å². The van der Waals surface area contributed by atoms with Gasteiger partial charge in [0.25, 0.3) is 0 Å². The molecular weight excluding hydrogens is 579 g/mol. The van der Waals surface area contributed by atoms with E-state index in [0.29, 0.717) is 0 Å². The van der Waals surface area contributed by atoms with Gasteiger partial charge in [0.1, 0.15) is 0 Å². The molecule has 0 saturated heterocycles. The second-order valence-electron chi connectivity index (χ2n) is 13.0. The third-order valence-corrected chi connectivity index (χ3v) is 10.2. The van der Waals surface area contributed by atoms with Gasteiger partial charge >= 0.3 is 0 Å². The Labute approximate surface area is 278 Å². The highest BCUT2D eigenvalue weighted by Gasteiger charge is 2.20. The zero-order valence-electron chi connectivity index (χ0n) is 26.6. The molecule has 0 bridgehead atoms. The first-order valence-electron chi connectivity index (χ1n) is 16.7. The Morgan fingerprint density at radius 1 is 0.375 bits per heavy atom. The van der Waals surface area contributed by atoms with E-state index in [1.807, 2.05) is 0 Å². The summed E-state index contributed by atoms with van der Waals surface area (Å²) in [6.45, 7) is 2.19. The van der Waals surface area contributed by atoms with E-state index in [-0.39, 0.29) is 0 Å². The van der Waals surface area contributed by atoms with Crippen molar-refractivity contribution in [3.05, 3.63) is 175 Å². The van der Waals surface area contributed by atoms with Gasteiger partial charge in [-0.25, -0.2) is 0 Å². The smallest absolute Gasteiger partial charge is 0.0619 e. The van der Waals surface area contributed by atoms with E-state index in [9.17, 15) is 0 Å². The molecule has 9 aromatic carbocycles. The van der Waals surface area contributed by atoms with Crippen LogP contribution in [0.1, 0.15) is 5.56 Å². The van der Waals surface area contributed by atoms with Crippen LogP contribution in [0.3, 0.4) is 0 Å². The largest absolute Gasteiger partial charge is 0.309 e. The predicted octanol–water partition coefficient (Wildman–Crippen LogP) is 13.0. The Hall–Kier alpha value is -6.18. The van der Waals surface area contributed by atoms with Gasteiger partial charge in [-0.05, 0) is 91.1 Å². The fraction of sp³-hybridized carbons (Fsp3) is 0.0213. The maximum absolute atomic E-state index is 2.51. The van der Waals surface area contributed by atoms with Gasteiger partial charge in [0.15, 0.2) is 0 Å². The maximum atomic E-state index is 2.51. The number of hydrogen-bond acceptors (Lipinski definition) is 0. The average molecular weight is 610 g/mol.